The van der Waals surface area contributed by atoms with E-state index in [1.54, 1.807) is 24.3 Å². The monoisotopic (exact) mass is 386 g/mol. The van der Waals surface area contributed by atoms with Crippen molar-refractivity contribution in [1.29, 1.82) is 0 Å². The molecule has 2 aromatic rings. The molecule has 3 rings (SSSR count). The highest BCUT2D eigenvalue weighted by Crippen LogP contribution is 2.24. The third kappa shape index (κ3) is 4.00. The lowest BCUT2D eigenvalue weighted by atomic mass is 10.0. The van der Waals surface area contributed by atoms with Crippen molar-refractivity contribution < 1.29 is 13.2 Å². The normalized spacial score (nSPS) is 17.6. The van der Waals surface area contributed by atoms with Gasteiger partial charge < -0.3 is 4.90 Å². The molecule has 1 fully saturated rings. The van der Waals surface area contributed by atoms with Gasteiger partial charge in [0.25, 0.3) is 15.9 Å². The lowest BCUT2D eigenvalue weighted by Crippen LogP contribution is -2.42. The summed E-state index contributed by atoms with van der Waals surface area (Å²) in [5, 5.41) is 0. The molecule has 0 N–H and O–H groups in total. The molecule has 0 saturated carbocycles. The number of benzene rings is 2. The van der Waals surface area contributed by atoms with Gasteiger partial charge in [0.15, 0.2) is 0 Å². The highest BCUT2D eigenvalue weighted by Gasteiger charge is 2.26. The number of hydrogen-bond donors (Lipinski definition) is 0. The number of anilines is 1. The largest absolute Gasteiger partial charge is 0.336 e. The van der Waals surface area contributed by atoms with E-state index < -0.39 is 10.0 Å². The van der Waals surface area contributed by atoms with Crippen LogP contribution in [0.4, 0.5) is 5.69 Å². The highest BCUT2D eigenvalue weighted by molar-refractivity contribution is 7.92. The number of aryl methyl sites for hydroxylation is 1. The summed E-state index contributed by atoms with van der Waals surface area (Å²) in [6, 6.07) is 13.8. The van der Waals surface area contributed by atoms with Crippen molar-refractivity contribution in [2.24, 2.45) is 0 Å². The molecule has 1 heterocycles. The summed E-state index contributed by atoms with van der Waals surface area (Å²) < 4.78 is 27.3. The maximum atomic E-state index is 13.0. The van der Waals surface area contributed by atoms with Crippen LogP contribution in [-0.4, -0.2) is 38.9 Å². The molecule has 1 unspecified atom stereocenters. The average Bonchev–Trinajstić information content (AvgIpc) is 2.68. The summed E-state index contributed by atoms with van der Waals surface area (Å²) in [6.45, 7) is 4.72. The van der Waals surface area contributed by atoms with E-state index in [4.69, 9.17) is 0 Å². The van der Waals surface area contributed by atoms with Crippen LogP contribution in [0.2, 0.25) is 0 Å². The summed E-state index contributed by atoms with van der Waals surface area (Å²) in [5.74, 6) is -0.0998. The van der Waals surface area contributed by atoms with E-state index in [0.29, 0.717) is 11.3 Å². The Kier molecular flexibility index (Phi) is 5.56. The molecule has 1 aliphatic rings. The predicted molar refractivity (Wildman–Crippen MR) is 108 cm³/mol. The average molecular weight is 387 g/mol. The first kappa shape index (κ1) is 19.4. The van der Waals surface area contributed by atoms with E-state index in [0.717, 1.165) is 31.4 Å². The number of rotatable bonds is 4. The van der Waals surface area contributed by atoms with Crippen molar-refractivity contribution in [3.63, 3.8) is 0 Å². The second-order valence-electron chi connectivity index (χ2n) is 7.18. The van der Waals surface area contributed by atoms with Gasteiger partial charge in [0.2, 0.25) is 0 Å². The van der Waals surface area contributed by atoms with Gasteiger partial charge >= 0.3 is 0 Å². The fourth-order valence-electron chi connectivity index (χ4n) is 3.41. The third-order valence-electron chi connectivity index (χ3n) is 5.20. The van der Waals surface area contributed by atoms with E-state index in [-0.39, 0.29) is 16.8 Å². The minimum Gasteiger partial charge on any atom is -0.336 e. The Hall–Kier alpha value is -2.34. The number of hydrogen-bond acceptors (Lipinski definition) is 3. The quantitative estimate of drug-likeness (QED) is 0.802. The molecule has 27 heavy (non-hydrogen) atoms. The SMILES string of the molecule is Cc1ccc(N(C)S(=O)(=O)c2cccc(C(=O)N3CCCCC3C)c2)cc1. The van der Waals surface area contributed by atoms with Gasteiger partial charge in [0.05, 0.1) is 10.6 Å². The van der Waals surface area contributed by atoms with E-state index in [1.807, 2.05) is 30.9 Å². The first-order valence-electron chi connectivity index (χ1n) is 9.27. The zero-order valence-corrected chi connectivity index (χ0v) is 16.9. The topological polar surface area (TPSA) is 57.7 Å². The number of nitrogens with zero attached hydrogens (tertiary/aromatic N) is 2. The minimum absolute atomic E-state index is 0.0998. The Labute approximate surface area is 161 Å². The predicted octanol–water partition coefficient (Wildman–Crippen LogP) is 3.83. The summed E-state index contributed by atoms with van der Waals surface area (Å²) in [5.41, 5.74) is 2.07. The van der Waals surface area contributed by atoms with Crippen LogP contribution >= 0.6 is 0 Å². The molecule has 1 aliphatic heterocycles. The molecule has 5 nitrogen and oxygen atoms in total. The van der Waals surface area contributed by atoms with Crippen LogP contribution in [0, 0.1) is 6.92 Å². The van der Waals surface area contributed by atoms with Crippen molar-refractivity contribution >= 4 is 21.6 Å². The number of carbonyl (C=O) groups is 1. The van der Waals surface area contributed by atoms with Gasteiger partial charge in [-0.05, 0) is 63.4 Å². The van der Waals surface area contributed by atoms with Crippen molar-refractivity contribution in [1.82, 2.24) is 4.90 Å². The molecule has 0 radical (unpaired) electrons. The number of sulfonamides is 1. The standard InChI is InChI=1S/C21H26N2O3S/c1-16-10-12-19(13-11-16)22(3)27(25,26)20-9-6-8-18(15-20)21(24)23-14-5-4-7-17(23)2/h6,8-13,15,17H,4-5,7,14H2,1-3H3. The molecule has 144 valence electrons. The zero-order valence-electron chi connectivity index (χ0n) is 16.1. The van der Waals surface area contributed by atoms with Crippen LogP contribution in [0.3, 0.4) is 0 Å². The number of carbonyl (C=O) groups excluding carboxylic acids is 1. The Balaban J connectivity index is 1.89. The van der Waals surface area contributed by atoms with Crippen LogP contribution in [0.1, 0.15) is 42.1 Å². The van der Waals surface area contributed by atoms with Gasteiger partial charge in [0, 0.05) is 25.2 Å². The molecular formula is C21H26N2O3S. The molecule has 1 saturated heterocycles. The van der Waals surface area contributed by atoms with Crippen LogP contribution in [0.5, 0.6) is 0 Å². The summed E-state index contributed by atoms with van der Waals surface area (Å²) in [4.78, 5) is 14.9. The van der Waals surface area contributed by atoms with E-state index >= 15 is 0 Å². The molecule has 0 spiro atoms. The van der Waals surface area contributed by atoms with Gasteiger partial charge in [-0.2, -0.15) is 0 Å². The number of likely N-dealkylation sites (tertiary alicyclic amines) is 1. The second kappa shape index (κ2) is 7.72. The summed E-state index contributed by atoms with van der Waals surface area (Å²) >= 11 is 0. The van der Waals surface area contributed by atoms with Crippen LogP contribution < -0.4 is 4.31 Å². The van der Waals surface area contributed by atoms with Gasteiger partial charge in [-0.15, -0.1) is 0 Å². The number of amides is 1. The first-order valence-corrected chi connectivity index (χ1v) is 10.7. The van der Waals surface area contributed by atoms with Gasteiger partial charge in [-0.1, -0.05) is 23.8 Å². The van der Waals surface area contributed by atoms with Crippen LogP contribution in [-0.2, 0) is 10.0 Å². The minimum atomic E-state index is -3.74. The van der Waals surface area contributed by atoms with E-state index in [9.17, 15) is 13.2 Å². The van der Waals surface area contributed by atoms with Crippen molar-refractivity contribution in [2.45, 2.75) is 44.0 Å². The fourth-order valence-corrected chi connectivity index (χ4v) is 4.65. The smallest absolute Gasteiger partial charge is 0.264 e. The maximum Gasteiger partial charge on any atom is 0.264 e. The molecule has 0 aromatic heterocycles. The molecular weight excluding hydrogens is 360 g/mol. The molecule has 1 amide bonds. The Morgan fingerprint density at radius 3 is 2.48 bits per heavy atom. The highest BCUT2D eigenvalue weighted by atomic mass is 32.2. The van der Waals surface area contributed by atoms with Gasteiger partial charge in [-0.3, -0.25) is 9.10 Å². The molecule has 6 heteroatoms. The van der Waals surface area contributed by atoms with Crippen molar-refractivity contribution in [3.05, 3.63) is 59.7 Å². The Morgan fingerprint density at radius 1 is 1.11 bits per heavy atom. The van der Waals surface area contributed by atoms with Crippen molar-refractivity contribution in [2.75, 3.05) is 17.9 Å². The lowest BCUT2D eigenvalue weighted by molar-refractivity contribution is 0.0635. The van der Waals surface area contributed by atoms with Crippen LogP contribution in [0.25, 0.3) is 0 Å². The molecule has 1 atom stereocenters. The van der Waals surface area contributed by atoms with E-state index in [2.05, 4.69) is 0 Å². The summed E-state index contributed by atoms with van der Waals surface area (Å²) in [6.07, 6.45) is 3.10. The van der Waals surface area contributed by atoms with Gasteiger partial charge in [-0.25, -0.2) is 8.42 Å². The fraction of sp³-hybridized carbons (Fsp3) is 0.381. The molecule has 0 aliphatic carbocycles. The lowest BCUT2D eigenvalue weighted by Gasteiger charge is -2.33. The van der Waals surface area contributed by atoms with Crippen molar-refractivity contribution in [3.8, 4) is 0 Å². The first-order chi connectivity index (χ1) is 12.8. The molecule has 0 bridgehead atoms. The third-order valence-corrected chi connectivity index (χ3v) is 6.98. The van der Waals surface area contributed by atoms with Crippen LogP contribution in [0.15, 0.2) is 53.4 Å². The van der Waals surface area contributed by atoms with Gasteiger partial charge in [0.1, 0.15) is 0 Å². The Morgan fingerprint density at radius 2 is 1.81 bits per heavy atom. The second-order valence-corrected chi connectivity index (χ2v) is 9.15. The number of piperidine rings is 1. The zero-order chi connectivity index (χ0) is 19.6. The Bertz CT molecular complexity index is 923. The maximum absolute atomic E-state index is 13.0. The summed E-state index contributed by atoms with van der Waals surface area (Å²) in [7, 11) is -2.21. The molecule has 2 aromatic carbocycles. The van der Waals surface area contributed by atoms with E-state index in [1.165, 1.54) is 23.5 Å².